The van der Waals surface area contributed by atoms with Crippen molar-refractivity contribution in [3.63, 3.8) is 0 Å². The Morgan fingerprint density at radius 3 is 2.33 bits per heavy atom. The summed E-state index contributed by atoms with van der Waals surface area (Å²) in [5.74, 6) is 0. The second-order valence-electron chi connectivity index (χ2n) is 4.14. The fourth-order valence-electron chi connectivity index (χ4n) is 1.81. The molecule has 0 atom stereocenters. The van der Waals surface area contributed by atoms with E-state index in [1.54, 1.807) is 0 Å². The topological polar surface area (TPSA) is 30.5 Å². The Balaban J connectivity index is 2.06. The molecule has 0 aliphatic carbocycles. The van der Waals surface area contributed by atoms with Crippen molar-refractivity contribution >= 4 is 9.28 Å². The maximum atomic E-state index is 5.64. The van der Waals surface area contributed by atoms with E-state index in [9.17, 15) is 0 Å². The summed E-state index contributed by atoms with van der Waals surface area (Å²) >= 11 is 0. The largest absolute Gasteiger partial charge is 0.397 e. The molecule has 1 N–H and O–H groups in total. The van der Waals surface area contributed by atoms with Crippen molar-refractivity contribution < 1.29 is 8.85 Å². The van der Waals surface area contributed by atoms with Crippen LogP contribution in [0.2, 0.25) is 6.04 Å². The second-order valence-corrected chi connectivity index (χ2v) is 6.25. The van der Waals surface area contributed by atoms with Gasteiger partial charge in [0, 0.05) is 19.8 Å². The van der Waals surface area contributed by atoms with Crippen LogP contribution in [-0.2, 0) is 15.4 Å². The Labute approximate surface area is 112 Å². The molecule has 0 saturated carbocycles. The predicted octanol–water partition coefficient (Wildman–Crippen LogP) is 2.46. The zero-order valence-electron chi connectivity index (χ0n) is 11.5. The third-order valence-corrected chi connectivity index (χ3v) is 4.96. The molecule has 1 rings (SSSR count). The average molecular weight is 267 g/mol. The number of nitrogens with one attached hydrogen (secondary N) is 1. The maximum Gasteiger partial charge on any atom is 0.321 e. The van der Waals surface area contributed by atoms with Gasteiger partial charge in [0.1, 0.15) is 0 Å². The van der Waals surface area contributed by atoms with Crippen LogP contribution in [0.15, 0.2) is 30.3 Å². The molecule has 0 fully saturated rings. The first-order chi connectivity index (χ1) is 8.86. The lowest BCUT2D eigenvalue weighted by atomic mass is 10.2. The first-order valence-electron chi connectivity index (χ1n) is 6.84. The highest BCUT2D eigenvalue weighted by atomic mass is 28.3. The average Bonchev–Trinajstić information content (AvgIpc) is 2.40. The lowest BCUT2D eigenvalue weighted by molar-refractivity contribution is 0.212. The van der Waals surface area contributed by atoms with Crippen LogP contribution >= 0.6 is 0 Å². The Hall–Kier alpha value is -0.683. The van der Waals surface area contributed by atoms with Gasteiger partial charge in [0.25, 0.3) is 0 Å². The van der Waals surface area contributed by atoms with Crippen molar-refractivity contribution in [2.24, 2.45) is 0 Å². The smallest absolute Gasteiger partial charge is 0.321 e. The van der Waals surface area contributed by atoms with Gasteiger partial charge in [-0.3, -0.25) is 0 Å². The Bertz CT molecular complexity index is 289. The third kappa shape index (κ3) is 6.91. The van der Waals surface area contributed by atoms with Gasteiger partial charge in [0.05, 0.1) is 0 Å². The van der Waals surface area contributed by atoms with E-state index in [-0.39, 0.29) is 0 Å². The molecule has 0 saturated heterocycles. The summed E-state index contributed by atoms with van der Waals surface area (Å²) in [6.45, 7) is 7.58. The van der Waals surface area contributed by atoms with Crippen LogP contribution in [0, 0.1) is 0 Å². The molecule has 0 unspecified atom stereocenters. The van der Waals surface area contributed by atoms with Crippen LogP contribution in [0.3, 0.4) is 0 Å². The first-order valence-corrected chi connectivity index (χ1v) is 8.60. The fourth-order valence-corrected chi connectivity index (χ4v) is 3.52. The highest BCUT2D eigenvalue weighted by molar-refractivity contribution is 6.44. The van der Waals surface area contributed by atoms with Crippen molar-refractivity contribution in [2.75, 3.05) is 19.8 Å². The lowest BCUT2D eigenvalue weighted by Gasteiger charge is -2.14. The van der Waals surface area contributed by atoms with Crippen molar-refractivity contribution in [3.05, 3.63) is 35.9 Å². The summed E-state index contributed by atoms with van der Waals surface area (Å²) in [6, 6.07) is 11.6. The number of hydrogen-bond acceptors (Lipinski definition) is 3. The van der Waals surface area contributed by atoms with E-state index in [0.717, 1.165) is 38.8 Å². The minimum absolute atomic E-state index is 0.772. The van der Waals surface area contributed by atoms with Crippen molar-refractivity contribution in [1.82, 2.24) is 5.32 Å². The minimum atomic E-state index is -1.39. The van der Waals surface area contributed by atoms with E-state index in [1.165, 1.54) is 5.56 Å². The fraction of sp³-hybridized carbons (Fsp3) is 0.571. The van der Waals surface area contributed by atoms with Crippen LogP contribution in [0.4, 0.5) is 0 Å². The van der Waals surface area contributed by atoms with Gasteiger partial charge in [-0.05, 0) is 38.4 Å². The van der Waals surface area contributed by atoms with E-state index in [0.29, 0.717) is 0 Å². The SMILES string of the molecule is CCO[SiH](CCCNCc1ccccc1)OCC. The monoisotopic (exact) mass is 267 g/mol. The van der Waals surface area contributed by atoms with Gasteiger partial charge in [0.15, 0.2) is 0 Å². The van der Waals surface area contributed by atoms with Crippen LogP contribution in [0.1, 0.15) is 25.8 Å². The summed E-state index contributed by atoms with van der Waals surface area (Å²) in [7, 11) is -1.39. The standard InChI is InChI=1S/C14H25NO2Si/c1-3-16-18(17-4-2)12-8-11-15-13-14-9-6-5-7-10-14/h5-7,9-10,15,18H,3-4,8,11-13H2,1-2H3. The highest BCUT2D eigenvalue weighted by Crippen LogP contribution is 2.02. The van der Waals surface area contributed by atoms with Gasteiger partial charge < -0.3 is 14.2 Å². The molecule has 0 amide bonds. The molecular formula is C14H25NO2Si. The van der Waals surface area contributed by atoms with Gasteiger partial charge in [-0.1, -0.05) is 30.3 Å². The van der Waals surface area contributed by atoms with Gasteiger partial charge >= 0.3 is 9.28 Å². The van der Waals surface area contributed by atoms with Crippen LogP contribution in [-0.4, -0.2) is 29.0 Å². The molecule has 1 aromatic carbocycles. The lowest BCUT2D eigenvalue weighted by Crippen LogP contribution is -2.24. The zero-order valence-corrected chi connectivity index (χ0v) is 12.7. The van der Waals surface area contributed by atoms with E-state index in [4.69, 9.17) is 8.85 Å². The van der Waals surface area contributed by atoms with Crippen LogP contribution < -0.4 is 5.32 Å². The number of rotatable bonds is 10. The quantitative estimate of drug-likeness (QED) is 0.522. The predicted molar refractivity (Wildman–Crippen MR) is 78.0 cm³/mol. The molecule has 0 aliphatic rings. The van der Waals surface area contributed by atoms with Crippen LogP contribution in [0.5, 0.6) is 0 Å². The summed E-state index contributed by atoms with van der Waals surface area (Å²) in [6.07, 6.45) is 1.13. The molecule has 3 nitrogen and oxygen atoms in total. The molecule has 102 valence electrons. The maximum absolute atomic E-state index is 5.64. The van der Waals surface area contributed by atoms with Crippen molar-refractivity contribution in [1.29, 1.82) is 0 Å². The Morgan fingerprint density at radius 2 is 1.72 bits per heavy atom. The van der Waals surface area contributed by atoms with Crippen molar-refractivity contribution in [3.8, 4) is 0 Å². The molecule has 0 aliphatic heterocycles. The summed E-state index contributed by atoms with van der Waals surface area (Å²) in [5, 5.41) is 3.45. The van der Waals surface area contributed by atoms with E-state index >= 15 is 0 Å². The van der Waals surface area contributed by atoms with Gasteiger partial charge in [-0.2, -0.15) is 0 Å². The second kappa shape index (κ2) is 10.3. The minimum Gasteiger partial charge on any atom is -0.397 e. The van der Waals surface area contributed by atoms with E-state index in [1.807, 2.05) is 19.9 Å². The van der Waals surface area contributed by atoms with Crippen molar-refractivity contribution in [2.45, 2.75) is 32.9 Å². The third-order valence-electron chi connectivity index (χ3n) is 2.67. The molecule has 4 heteroatoms. The summed E-state index contributed by atoms with van der Waals surface area (Å²) < 4.78 is 11.3. The Morgan fingerprint density at radius 1 is 1.06 bits per heavy atom. The van der Waals surface area contributed by atoms with Crippen LogP contribution in [0.25, 0.3) is 0 Å². The molecule has 0 bridgehead atoms. The number of benzene rings is 1. The van der Waals surface area contributed by atoms with Gasteiger partial charge in [-0.25, -0.2) is 0 Å². The van der Waals surface area contributed by atoms with Gasteiger partial charge in [0.2, 0.25) is 0 Å². The van der Waals surface area contributed by atoms with E-state index < -0.39 is 9.28 Å². The number of hydrogen-bond donors (Lipinski definition) is 1. The normalized spacial score (nSPS) is 11.1. The molecule has 0 spiro atoms. The summed E-state index contributed by atoms with van der Waals surface area (Å²) in [4.78, 5) is 0. The van der Waals surface area contributed by atoms with Gasteiger partial charge in [-0.15, -0.1) is 0 Å². The Kier molecular flexibility index (Phi) is 8.76. The highest BCUT2D eigenvalue weighted by Gasteiger charge is 2.10. The molecule has 18 heavy (non-hydrogen) atoms. The molecule has 0 heterocycles. The molecular weight excluding hydrogens is 242 g/mol. The van der Waals surface area contributed by atoms with E-state index in [2.05, 4.69) is 29.6 Å². The zero-order chi connectivity index (χ0) is 13.1. The molecule has 1 aromatic rings. The molecule has 0 radical (unpaired) electrons. The first kappa shape index (κ1) is 15.4. The summed E-state index contributed by atoms with van der Waals surface area (Å²) in [5.41, 5.74) is 1.33. The molecule has 0 aromatic heterocycles.